The molecule has 0 heterocycles. The molecule has 1 rings (SSSR count). The van der Waals surface area contributed by atoms with Crippen LogP contribution >= 0.6 is 0 Å². The van der Waals surface area contributed by atoms with E-state index in [-0.39, 0.29) is 0 Å². The highest BCUT2D eigenvalue weighted by atomic mass is 14.9. The molecule has 0 aliphatic carbocycles. The van der Waals surface area contributed by atoms with Gasteiger partial charge in [-0.15, -0.1) is 0 Å². The average Bonchev–Trinajstić information content (AvgIpc) is 2.36. The fraction of sp³-hybridized carbons (Fsp3) is 0.625. The molecule has 0 aliphatic rings. The molecule has 3 unspecified atom stereocenters. The van der Waals surface area contributed by atoms with Gasteiger partial charge in [-0.3, -0.25) is 0 Å². The third kappa shape index (κ3) is 4.16. The van der Waals surface area contributed by atoms with E-state index in [4.69, 9.17) is 0 Å². The van der Waals surface area contributed by atoms with E-state index in [2.05, 4.69) is 63.3 Å². The van der Waals surface area contributed by atoms with E-state index in [0.29, 0.717) is 12.0 Å². The summed E-state index contributed by atoms with van der Waals surface area (Å²) in [6.45, 7) is 10.2. The van der Waals surface area contributed by atoms with Gasteiger partial charge in [-0.1, -0.05) is 64.4 Å². The maximum Gasteiger partial charge on any atom is 0.0159 e. The molecule has 0 radical (unpaired) electrons. The summed E-state index contributed by atoms with van der Waals surface area (Å²) >= 11 is 0. The van der Waals surface area contributed by atoms with Crippen molar-refractivity contribution in [1.29, 1.82) is 0 Å². The van der Waals surface area contributed by atoms with Crippen molar-refractivity contribution < 1.29 is 0 Å². The first-order valence-electron chi connectivity index (χ1n) is 6.99. The van der Waals surface area contributed by atoms with Gasteiger partial charge in [0.15, 0.2) is 0 Å². The zero-order valence-corrected chi connectivity index (χ0v) is 11.7. The summed E-state index contributed by atoms with van der Waals surface area (Å²) < 4.78 is 0. The second-order valence-corrected chi connectivity index (χ2v) is 5.05. The average molecular weight is 233 g/mol. The lowest BCUT2D eigenvalue weighted by Gasteiger charge is -2.30. The Kier molecular flexibility index (Phi) is 6.28. The Labute approximate surface area is 107 Å². The summed E-state index contributed by atoms with van der Waals surface area (Å²) in [4.78, 5) is 0. The molecule has 1 aromatic carbocycles. The highest BCUT2D eigenvalue weighted by molar-refractivity contribution is 5.20. The molecule has 0 fully saturated rings. The van der Waals surface area contributed by atoms with Crippen molar-refractivity contribution in [1.82, 2.24) is 5.32 Å². The molecular formula is C16H27N. The van der Waals surface area contributed by atoms with E-state index in [1.54, 1.807) is 0 Å². The standard InChI is InChI=1S/C16H27N/c1-5-10-13(3)16(17-6-2)14(4)15-11-8-7-9-12-15/h7-9,11-14,16-17H,5-6,10H2,1-4H3. The van der Waals surface area contributed by atoms with Gasteiger partial charge >= 0.3 is 0 Å². The predicted molar refractivity (Wildman–Crippen MR) is 76.4 cm³/mol. The normalized spacial score (nSPS) is 16.5. The van der Waals surface area contributed by atoms with E-state index >= 15 is 0 Å². The van der Waals surface area contributed by atoms with Crippen molar-refractivity contribution in [2.45, 2.75) is 52.5 Å². The summed E-state index contributed by atoms with van der Waals surface area (Å²) in [5.74, 6) is 1.31. The molecule has 0 aromatic heterocycles. The monoisotopic (exact) mass is 233 g/mol. The molecule has 96 valence electrons. The largest absolute Gasteiger partial charge is 0.313 e. The van der Waals surface area contributed by atoms with Crippen LogP contribution in [0, 0.1) is 5.92 Å². The van der Waals surface area contributed by atoms with Gasteiger partial charge in [-0.25, -0.2) is 0 Å². The lowest BCUT2D eigenvalue weighted by molar-refractivity contribution is 0.322. The molecule has 0 saturated heterocycles. The second-order valence-electron chi connectivity index (χ2n) is 5.05. The Balaban J connectivity index is 2.76. The fourth-order valence-corrected chi connectivity index (χ4v) is 2.71. The maximum absolute atomic E-state index is 3.67. The summed E-state index contributed by atoms with van der Waals surface area (Å²) in [6, 6.07) is 11.4. The number of likely N-dealkylation sites (N-methyl/N-ethyl adjacent to an activating group) is 1. The molecule has 0 bridgehead atoms. The summed E-state index contributed by atoms with van der Waals surface area (Å²) in [6.07, 6.45) is 2.57. The van der Waals surface area contributed by atoms with Crippen molar-refractivity contribution in [2.24, 2.45) is 5.92 Å². The highest BCUT2D eigenvalue weighted by Crippen LogP contribution is 2.26. The van der Waals surface area contributed by atoms with Crippen LogP contribution in [0.2, 0.25) is 0 Å². The second kappa shape index (κ2) is 7.50. The molecule has 0 spiro atoms. The zero-order valence-electron chi connectivity index (χ0n) is 11.7. The molecule has 0 saturated carbocycles. The zero-order chi connectivity index (χ0) is 12.7. The van der Waals surface area contributed by atoms with Crippen LogP contribution in [0.25, 0.3) is 0 Å². The van der Waals surface area contributed by atoms with Gasteiger partial charge in [0.05, 0.1) is 0 Å². The minimum absolute atomic E-state index is 0.581. The minimum Gasteiger partial charge on any atom is -0.313 e. The van der Waals surface area contributed by atoms with Gasteiger partial charge in [-0.2, -0.15) is 0 Å². The van der Waals surface area contributed by atoms with E-state index in [9.17, 15) is 0 Å². The lowest BCUT2D eigenvalue weighted by Crippen LogP contribution is -2.39. The van der Waals surface area contributed by atoms with Crippen LogP contribution < -0.4 is 5.32 Å². The number of hydrogen-bond donors (Lipinski definition) is 1. The first-order valence-corrected chi connectivity index (χ1v) is 6.99. The van der Waals surface area contributed by atoms with Gasteiger partial charge in [0.25, 0.3) is 0 Å². The van der Waals surface area contributed by atoms with Gasteiger partial charge in [0.2, 0.25) is 0 Å². The third-order valence-corrected chi connectivity index (χ3v) is 3.66. The van der Waals surface area contributed by atoms with Gasteiger partial charge < -0.3 is 5.32 Å². The summed E-state index contributed by atoms with van der Waals surface area (Å²) in [5.41, 5.74) is 1.45. The van der Waals surface area contributed by atoms with Gasteiger partial charge in [-0.05, 0) is 30.4 Å². The van der Waals surface area contributed by atoms with Crippen LogP contribution in [0.3, 0.4) is 0 Å². The van der Waals surface area contributed by atoms with E-state index in [0.717, 1.165) is 12.5 Å². The Morgan fingerprint density at radius 3 is 2.24 bits per heavy atom. The number of benzene rings is 1. The maximum atomic E-state index is 3.67. The van der Waals surface area contributed by atoms with Crippen molar-refractivity contribution in [3.8, 4) is 0 Å². The molecular weight excluding hydrogens is 206 g/mol. The van der Waals surface area contributed by atoms with Crippen LogP contribution in [0.1, 0.15) is 52.0 Å². The molecule has 0 aliphatic heterocycles. The van der Waals surface area contributed by atoms with Gasteiger partial charge in [0.1, 0.15) is 0 Å². The van der Waals surface area contributed by atoms with Crippen molar-refractivity contribution in [3.05, 3.63) is 35.9 Å². The van der Waals surface area contributed by atoms with Crippen LogP contribution in [0.4, 0.5) is 0 Å². The lowest BCUT2D eigenvalue weighted by atomic mass is 9.83. The molecule has 1 N–H and O–H groups in total. The van der Waals surface area contributed by atoms with E-state index < -0.39 is 0 Å². The predicted octanol–water partition coefficient (Wildman–Crippen LogP) is 4.20. The summed E-state index contributed by atoms with van der Waals surface area (Å²) in [5, 5.41) is 3.67. The van der Waals surface area contributed by atoms with Crippen LogP contribution in [-0.4, -0.2) is 12.6 Å². The van der Waals surface area contributed by atoms with Gasteiger partial charge in [0, 0.05) is 6.04 Å². The first-order chi connectivity index (χ1) is 8.20. The molecule has 1 heteroatoms. The molecule has 1 nitrogen and oxygen atoms in total. The van der Waals surface area contributed by atoms with Crippen molar-refractivity contribution >= 4 is 0 Å². The highest BCUT2D eigenvalue weighted by Gasteiger charge is 2.23. The van der Waals surface area contributed by atoms with E-state index in [1.165, 1.54) is 18.4 Å². The molecule has 1 aromatic rings. The van der Waals surface area contributed by atoms with Crippen molar-refractivity contribution in [3.63, 3.8) is 0 Å². The summed E-state index contributed by atoms with van der Waals surface area (Å²) in [7, 11) is 0. The number of hydrogen-bond acceptors (Lipinski definition) is 1. The SMILES string of the molecule is CCCC(C)C(NCC)C(C)c1ccccc1. The smallest absolute Gasteiger partial charge is 0.0159 e. The van der Waals surface area contributed by atoms with Crippen LogP contribution in [-0.2, 0) is 0 Å². The minimum atomic E-state index is 0.581. The first kappa shape index (κ1) is 14.2. The quantitative estimate of drug-likeness (QED) is 0.744. The van der Waals surface area contributed by atoms with Crippen LogP contribution in [0.5, 0.6) is 0 Å². The fourth-order valence-electron chi connectivity index (χ4n) is 2.71. The van der Waals surface area contributed by atoms with Crippen LogP contribution in [0.15, 0.2) is 30.3 Å². The van der Waals surface area contributed by atoms with Crippen molar-refractivity contribution in [2.75, 3.05) is 6.54 Å². The third-order valence-electron chi connectivity index (χ3n) is 3.66. The number of rotatable bonds is 7. The van der Waals surface area contributed by atoms with E-state index in [1.807, 2.05) is 0 Å². The molecule has 0 amide bonds. The molecule has 3 atom stereocenters. The Bertz CT molecular complexity index is 294. The number of nitrogens with one attached hydrogen (secondary N) is 1. The Morgan fingerprint density at radius 2 is 1.71 bits per heavy atom. The molecule has 17 heavy (non-hydrogen) atoms. The topological polar surface area (TPSA) is 12.0 Å². The Hall–Kier alpha value is -0.820. The Morgan fingerprint density at radius 1 is 1.06 bits per heavy atom.